The molecule has 0 bridgehead atoms. The van der Waals surface area contributed by atoms with Gasteiger partial charge in [-0.3, -0.25) is 9.36 Å². The number of aromatic nitrogens is 3. The summed E-state index contributed by atoms with van der Waals surface area (Å²) < 4.78 is 1.89. The van der Waals surface area contributed by atoms with Crippen molar-refractivity contribution in [1.29, 1.82) is 0 Å². The maximum atomic E-state index is 11.5. The fourth-order valence-electron chi connectivity index (χ4n) is 1.74. The monoisotopic (exact) mass is 324 g/mol. The van der Waals surface area contributed by atoms with E-state index in [1.807, 2.05) is 28.8 Å². The predicted octanol–water partition coefficient (Wildman–Crippen LogP) is 2.88. The Kier molecular flexibility index (Phi) is 5.64. The fourth-order valence-corrected chi connectivity index (χ4v) is 2.79. The smallest absolute Gasteiger partial charge is 0.222 e. The highest BCUT2D eigenvalue weighted by molar-refractivity contribution is 7.99. The second-order valence-corrected chi connectivity index (χ2v) is 6.20. The van der Waals surface area contributed by atoms with Crippen molar-refractivity contribution in [3.63, 3.8) is 0 Å². The molecule has 0 aliphatic heterocycles. The van der Waals surface area contributed by atoms with Crippen LogP contribution < -0.4 is 0 Å². The number of rotatable bonds is 6. The third-order valence-electron chi connectivity index (χ3n) is 2.87. The van der Waals surface area contributed by atoms with Gasteiger partial charge in [0.25, 0.3) is 0 Å². The number of carbonyl (C=O) groups excluding carboxylic acids is 1. The Morgan fingerprint density at radius 3 is 2.95 bits per heavy atom. The largest absolute Gasteiger partial charge is 0.349 e. The number of hydrogen-bond acceptors (Lipinski definition) is 4. The third-order valence-corrected chi connectivity index (χ3v) is 4.13. The van der Waals surface area contributed by atoms with E-state index in [1.165, 1.54) is 0 Å². The molecule has 0 spiro atoms. The highest BCUT2D eigenvalue weighted by Crippen LogP contribution is 2.22. The van der Waals surface area contributed by atoms with Gasteiger partial charge in [-0.1, -0.05) is 29.4 Å². The van der Waals surface area contributed by atoms with Crippen LogP contribution in [0, 0.1) is 0 Å². The molecule has 0 saturated carbocycles. The van der Waals surface area contributed by atoms with Crippen LogP contribution in [0.3, 0.4) is 0 Å². The number of halogens is 1. The zero-order chi connectivity index (χ0) is 15.2. The van der Waals surface area contributed by atoms with Gasteiger partial charge in [0.05, 0.1) is 5.69 Å². The molecule has 0 radical (unpaired) electrons. The van der Waals surface area contributed by atoms with Crippen LogP contribution in [-0.2, 0) is 4.79 Å². The first-order valence-electron chi connectivity index (χ1n) is 6.57. The lowest BCUT2D eigenvalue weighted by Crippen LogP contribution is -2.21. The maximum absolute atomic E-state index is 11.5. The van der Waals surface area contributed by atoms with Gasteiger partial charge < -0.3 is 4.90 Å². The maximum Gasteiger partial charge on any atom is 0.222 e. The summed E-state index contributed by atoms with van der Waals surface area (Å²) in [5.41, 5.74) is 0.930. The van der Waals surface area contributed by atoms with Crippen molar-refractivity contribution < 1.29 is 4.79 Å². The van der Waals surface area contributed by atoms with Crippen molar-refractivity contribution in [3.05, 3.63) is 35.6 Å². The van der Waals surface area contributed by atoms with Gasteiger partial charge in [-0.2, -0.15) is 0 Å². The van der Waals surface area contributed by atoms with Gasteiger partial charge in [0.15, 0.2) is 5.16 Å². The highest BCUT2D eigenvalue weighted by atomic mass is 35.5. The zero-order valence-electron chi connectivity index (χ0n) is 12.0. The van der Waals surface area contributed by atoms with Crippen LogP contribution in [-0.4, -0.2) is 45.4 Å². The summed E-state index contributed by atoms with van der Waals surface area (Å²) >= 11 is 7.59. The summed E-state index contributed by atoms with van der Waals surface area (Å²) in [5, 5.41) is 9.53. The van der Waals surface area contributed by atoms with Crippen molar-refractivity contribution in [2.24, 2.45) is 0 Å². The van der Waals surface area contributed by atoms with E-state index in [4.69, 9.17) is 11.6 Å². The van der Waals surface area contributed by atoms with E-state index in [1.54, 1.807) is 37.1 Å². The molecule has 5 nitrogen and oxygen atoms in total. The van der Waals surface area contributed by atoms with Gasteiger partial charge in [-0.25, -0.2) is 0 Å². The Bertz CT molecular complexity index is 615. The van der Waals surface area contributed by atoms with Crippen molar-refractivity contribution in [2.45, 2.75) is 18.0 Å². The first-order chi connectivity index (χ1) is 10.1. The second-order valence-electron chi connectivity index (χ2n) is 4.70. The Balaban J connectivity index is 1.94. The van der Waals surface area contributed by atoms with E-state index in [9.17, 15) is 4.79 Å². The van der Waals surface area contributed by atoms with Crippen molar-refractivity contribution >= 4 is 29.3 Å². The average Bonchev–Trinajstić information content (AvgIpc) is 2.91. The van der Waals surface area contributed by atoms with Gasteiger partial charge >= 0.3 is 0 Å². The molecule has 1 amide bonds. The van der Waals surface area contributed by atoms with Crippen molar-refractivity contribution in [1.82, 2.24) is 19.7 Å². The van der Waals surface area contributed by atoms with E-state index >= 15 is 0 Å². The average molecular weight is 325 g/mol. The molecule has 0 unspecified atom stereocenters. The number of amides is 1. The second kappa shape index (κ2) is 7.47. The van der Waals surface area contributed by atoms with E-state index in [2.05, 4.69) is 10.2 Å². The van der Waals surface area contributed by atoms with Crippen LogP contribution in [0.15, 0.2) is 35.7 Å². The molecule has 2 aromatic rings. The Labute approximate surface area is 133 Å². The minimum atomic E-state index is 0.145. The molecular formula is C14H17ClN4OS. The fraction of sp³-hybridized carbons (Fsp3) is 0.357. The summed E-state index contributed by atoms with van der Waals surface area (Å²) in [6, 6.07) is 7.54. The van der Waals surface area contributed by atoms with Crippen LogP contribution in [0.25, 0.3) is 5.69 Å². The Morgan fingerprint density at radius 2 is 2.24 bits per heavy atom. The molecule has 1 aromatic heterocycles. The highest BCUT2D eigenvalue weighted by Gasteiger charge is 2.08. The molecular weight excluding hydrogens is 308 g/mol. The number of benzene rings is 1. The molecule has 0 saturated heterocycles. The number of nitrogens with zero attached hydrogens (tertiary/aromatic N) is 4. The first-order valence-corrected chi connectivity index (χ1v) is 7.93. The lowest BCUT2D eigenvalue weighted by molar-refractivity contribution is -0.128. The third kappa shape index (κ3) is 4.47. The van der Waals surface area contributed by atoms with Gasteiger partial charge in [0, 0.05) is 31.3 Å². The van der Waals surface area contributed by atoms with E-state index in [0.29, 0.717) is 11.4 Å². The van der Waals surface area contributed by atoms with Gasteiger partial charge in [-0.05, 0) is 24.6 Å². The van der Waals surface area contributed by atoms with Crippen LogP contribution in [0.2, 0.25) is 5.02 Å². The van der Waals surface area contributed by atoms with E-state index in [-0.39, 0.29) is 5.91 Å². The summed E-state index contributed by atoms with van der Waals surface area (Å²) in [7, 11) is 3.54. The van der Waals surface area contributed by atoms with Crippen LogP contribution in [0.4, 0.5) is 0 Å². The Hall–Kier alpha value is -1.53. The minimum absolute atomic E-state index is 0.145. The first kappa shape index (κ1) is 15.9. The van der Waals surface area contributed by atoms with E-state index < -0.39 is 0 Å². The zero-order valence-corrected chi connectivity index (χ0v) is 13.6. The Morgan fingerprint density at radius 1 is 1.43 bits per heavy atom. The lowest BCUT2D eigenvalue weighted by atomic mass is 10.3. The van der Waals surface area contributed by atoms with Crippen LogP contribution in [0.1, 0.15) is 12.8 Å². The van der Waals surface area contributed by atoms with E-state index in [0.717, 1.165) is 23.0 Å². The molecule has 0 N–H and O–H groups in total. The summed E-state index contributed by atoms with van der Waals surface area (Å²) in [6.07, 6.45) is 3.02. The molecule has 0 aliphatic rings. The molecule has 7 heteroatoms. The van der Waals surface area contributed by atoms with Crippen LogP contribution in [0.5, 0.6) is 0 Å². The molecule has 112 valence electrons. The molecule has 0 fully saturated rings. The van der Waals surface area contributed by atoms with Gasteiger partial charge in [-0.15, -0.1) is 10.2 Å². The van der Waals surface area contributed by atoms with Gasteiger partial charge in [0.2, 0.25) is 5.91 Å². The molecule has 0 atom stereocenters. The topological polar surface area (TPSA) is 51.0 Å². The van der Waals surface area contributed by atoms with Crippen molar-refractivity contribution in [2.75, 3.05) is 19.8 Å². The minimum Gasteiger partial charge on any atom is -0.349 e. The van der Waals surface area contributed by atoms with Gasteiger partial charge in [0.1, 0.15) is 6.33 Å². The number of hydrogen-bond donors (Lipinski definition) is 0. The van der Waals surface area contributed by atoms with Crippen molar-refractivity contribution in [3.8, 4) is 5.69 Å². The summed E-state index contributed by atoms with van der Waals surface area (Å²) in [5.74, 6) is 0.964. The number of carbonyl (C=O) groups is 1. The SMILES string of the molecule is CN(C)C(=O)CCCSc1nncn1-c1cccc(Cl)c1. The molecule has 1 aromatic carbocycles. The lowest BCUT2D eigenvalue weighted by Gasteiger charge is -2.09. The molecule has 2 rings (SSSR count). The molecule has 1 heterocycles. The summed E-state index contributed by atoms with van der Waals surface area (Å²) in [4.78, 5) is 13.1. The normalized spacial score (nSPS) is 10.6. The number of thioether (sulfide) groups is 1. The molecule has 21 heavy (non-hydrogen) atoms. The van der Waals surface area contributed by atoms with Crippen LogP contribution >= 0.6 is 23.4 Å². The predicted molar refractivity (Wildman–Crippen MR) is 85.0 cm³/mol. The quantitative estimate of drug-likeness (QED) is 0.605. The molecule has 0 aliphatic carbocycles. The summed E-state index contributed by atoms with van der Waals surface area (Å²) in [6.45, 7) is 0. The standard InChI is InChI=1S/C14H17ClN4OS/c1-18(2)13(20)7-4-8-21-14-17-16-10-19(14)12-6-3-5-11(15)9-12/h3,5-6,9-10H,4,7-8H2,1-2H3.